The van der Waals surface area contributed by atoms with Crippen molar-refractivity contribution in [3.8, 4) is 5.75 Å². The lowest BCUT2D eigenvalue weighted by Gasteiger charge is -2.07. The minimum atomic E-state index is 0.341. The molecule has 6 heteroatoms. The van der Waals surface area contributed by atoms with Gasteiger partial charge in [-0.1, -0.05) is 12.1 Å². The summed E-state index contributed by atoms with van der Waals surface area (Å²) in [6.07, 6.45) is 2.60. The molecule has 1 aromatic carbocycles. The molecule has 0 amide bonds. The van der Waals surface area contributed by atoms with Crippen molar-refractivity contribution in [1.29, 1.82) is 0 Å². The van der Waals surface area contributed by atoms with Gasteiger partial charge in [-0.25, -0.2) is 0 Å². The number of rotatable bonds is 6. The van der Waals surface area contributed by atoms with E-state index < -0.39 is 0 Å². The van der Waals surface area contributed by atoms with E-state index in [2.05, 4.69) is 26.8 Å². The molecule has 1 heterocycles. The third kappa shape index (κ3) is 3.51. The van der Waals surface area contributed by atoms with E-state index in [-0.39, 0.29) is 0 Å². The lowest BCUT2D eigenvalue weighted by molar-refractivity contribution is 0.295. The number of hydrogen-bond donors (Lipinski definition) is 1. The maximum atomic E-state index is 5.66. The molecule has 1 aliphatic rings. The molecule has 1 fully saturated rings. The van der Waals surface area contributed by atoms with Gasteiger partial charge in [-0.15, -0.1) is 10.2 Å². The molecule has 0 spiro atoms. The summed E-state index contributed by atoms with van der Waals surface area (Å²) in [6.45, 7) is 1.23. The topological polar surface area (TPSA) is 64.9 Å². The maximum absolute atomic E-state index is 5.66. The molecule has 0 unspecified atom stereocenters. The second-order valence-corrected chi connectivity index (χ2v) is 4.79. The van der Waals surface area contributed by atoms with Gasteiger partial charge in [-0.2, -0.15) is 4.80 Å². The fourth-order valence-corrected chi connectivity index (χ4v) is 1.82. The highest BCUT2D eigenvalue weighted by Gasteiger charge is 2.19. The van der Waals surface area contributed by atoms with Crippen LogP contribution < -0.4 is 10.1 Å². The van der Waals surface area contributed by atoms with E-state index >= 15 is 0 Å². The zero-order chi connectivity index (χ0) is 13.1. The van der Waals surface area contributed by atoms with E-state index in [4.69, 9.17) is 4.74 Å². The molecule has 1 aromatic heterocycles. The second kappa shape index (κ2) is 5.36. The first kappa shape index (κ1) is 12.1. The average Bonchev–Trinajstić information content (AvgIpc) is 3.16. The number of tetrazole rings is 1. The molecule has 1 aliphatic carbocycles. The molecule has 0 radical (unpaired) electrons. The van der Waals surface area contributed by atoms with E-state index in [1.165, 1.54) is 23.2 Å². The van der Waals surface area contributed by atoms with Crippen LogP contribution in [0.5, 0.6) is 5.75 Å². The Balaban J connectivity index is 1.55. The Kier molecular flexibility index (Phi) is 3.41. The third-order valence-corrected chi connectivity index (χ3v) is 2.99. The molecule has 6 nitrogen and oxygen atoms in total. The number of nitrogens with one attached hydrogen (secondary N) is 1. The predicted molar refractivity (Wildman–Crippen MR) is 69.4 cm³/mol. The third-order valence-electron chi connectivity index (χ3n) is 2.99. The monoisotopic (exact) mass is 259 g/mol. The summed E-state index contributed by atoms with van der Waals surface area (Å²) in [4.78, 5) is 1.43. The van der Waals surface area contributed by atoms with E-state index in [1.807, 2.05) is 18.2 Å². The smallest absolute Gasteiger partial charge is 0.212 e. The summed E-state index contributed by atoms with van der Waals surface area (Å²) in [5, 5.41) is 15.2. The minimum absolute atomic E-state index is 0.341. The van der Waals surface area contributed by atoms with Gasteiger partial charge in [0.1, 0.15) is 5.75 Å². The molecule has 0 bridgehead atoms. The lowest BCUT2D eigenvalue weighted by Crippen LogP contribution is -2.15. The van der Waals surface area contributed by atoms with Crippen molar-refractivity contribution in [1.82, 2.24) is 25.5 Å². The van der Waals surface area contributed by atoms with Gasteiger partial charge in [0.2, 0.25) is 5.82 Å². The Morgan fingerprint density at radius 3 is 3.05 bits per heavy atom. The Hall–Kier alpha value is -1.95. The first-order valence-electron chi connectivity index (χ1n) is 6.47. The number of hydrogen-bond acceptors (Lipinski definition) is 5. The van der Waals surface area contributed by atoms with Gasteiger partial charge in [0, 0.05) is 12.6 Å². The number of benzene rings is 1. The van der Waals surface area contributed by atoms with Crippen LogP contribution in [-0.4, -0.2) is 26.2 Å². The van der Waals surface area contributed by atoms with Crippen molar-refractivity contribution >= 4 is 0 Å². The van der Waals surface area contributed by atoms with Crippen molar-refractivity contribution in [3.05, 3.63) is 35.7 Å². The molecule has 0 aliphatic heterocycles. The Labute approximate surface area is 111 Å². The minimum Gasteiger partial charge on any atom is -0.485 e. The van der Waals surface area contributed by atoms with E-state index in [9.17, 15) is 0 Å². The standard InChI is InChI=1S/C13H17N5O/c1-18-16-13(15-17-18)9-19-12-4-2-3-10(7-12)8-14-11-5-6-11/h2-4,7,11,14H,5-6,8-9H2,1H3. The van der Waals surface area contributed by atoms with Gasteiger partial charge in [-0.05, 0) is 35.8 Å². The van der Waals surface area contributed by atoms with E-state index in [0.29, 0.717) is 18.5 Å². The first-order valence-corrected chi connectivity index (χ1v) is 6.47. The largest absolute Gasteiger partial charge is 0.485 e. The van der Waals surface area contributed by atoms with Crippen molar-refractivity contribution in [2.24, 2.45) is 7.05 Å². The van der Waals surface area contributed by atoms with Crippen LogP contribution in [0.2, 0.25) is 0 Å². The van der Waals surface area contributed by atoms with E-state index in [0.717, 1.165) is 12.3 Å². The van der Waals surface area contributed by atoms with Crippen LogP contribution >= 0.6 is 0 Å². The highest BCUT2D eigenvalue weighted by Crippen LogP contribution is 2.20. The molecular formula is C13H17N5O. The van der Waals surface area contributed by atoms with Crippen LogP contribution in [0.3, 0.4) is 0 Å². The molecule has 0 saturated heterocycles. The van der Waals surface area contributed by atoms with Gasteiger partial charge in [0.05, 0.1) is 7.05 Å². The number of aryl methyl sites for hydroxylation is 1. The molecule has 3 rings (SSSR count). The normalized spacial score (nSPS) is 14.6. The first-order chi connectivity index (χ1) is 9.29. The van der Waals surface area contributed by atoms with E-state index in [1.54, 1.807) is 7.05 Å². The number of ether oxygens (including phenoxy) is 1. The van der Waals surface area contributed by atoms with Crippen LogP contribution in [0.1, 0.15) is 24.2 Å². The van der Waals surface area contributed by atoms with Crippen LogP contribution in [0.15, 0.2) is 24.3 Å². The van der Waals surface area contributed by atoms with Crippen molar-refractivity contribution in [2.75, 3.05) is 0 Å². The SMILES string of the molecule is Cn1nnc(COc2cccc(CNC3CC3)c2)n1. The molecule has 100 valence electrons. The number of nitrogens with zero attached hydrogens (tertiary/aromatic N) is 4. The van der Waals surface area contributed by atoms with Gasteiger partial charge in [0.25, 0.3) is 0 Å². The maximum Gasteiger partial charge on any atom is 0.212 e. The average molecular weight is 259 g/mol. The molecule has 1 N–H and O–H groups in total. The quantitative estimate of drug-likeness (QED) is 0.839. The van der Waals surface area contributed by atoms with Crippen LogP contribution in [-0.2, 0) is 20.2 Å². The summed E-state index contributed by atoms with van der Waals surface area (Å²) < 4.78 is 5.66. The van der Waals surface area contributed by atoms with Gasteiger partial charge < -0.3 is 10.1 Å². The van der Waals surface area contributed by atoms with Crippen LogP contribution in [0.4, 0.5) is 0 Å². The zero-order valence-electron chi connectivity index (χ0n) is 10.9. The summed E-state index contributed by atoms with van der Waals surface area (Å²) in [7, 11) is 1.74. The predicted octanol–water partition coefficient (Wildman–Crippen LogP) is 1.04. The summed E-state index contributed by atoms with van der Waals surface area (Å²) >= 11 is 0. The molecule has 19 heavy (non-hydrogen) atoms. The highest BCUT2D eigenvalue weighted by atomic mass is 16.5. The Bertz CT molecular complexity index is 549. The molecular weight excluding hydrogens is 242 g/mol. The summed E-state index contributed by atoms with van der Waals surface area (Å²) in [5.41, 5.74) is 1.23. The summed E-state index contributed by atoms with van der Waals surface area (Å²) in [6, 6.07) is 8.81. The second-order valence-electron chi connectivity index (χ2n) is 4.79. The number of aromatic nitrogens is 4. The zero-order valence-corrected chi connectivity index (χ0v) is 10.9. The van der Waals surface area contributed by atoms with Crippen LogP contribution in [0.25, 0.3) is 0 Å². The Morgan fingerprint density at radius 2 is 2.32 bits per heavy atom. The summed E-state index contributed by atoms with van der Waals surface area (Å²) in [5.74, 6) is 1.42. The van der Waals surface area contributed by atoms with Crippen molar-refractivity contribution in [2.45, 2.75) is 32.0 Å². The van der Waals surface area contributed by atoms with Crippen molar-refractivity contribution in [3.63, 3.8) is 0 Å². The van der Waals surface area contributed by atoms with Gasteiger partial charge >= 0.3 is 0 Å². The fourth-order valence-electron chi connectivity index (χ4n) is 1.82. The lowest BCUT2D eigenvalue weighted by atomic mass is 10.2. The van der Waals surface area contributed by atoms with Crippen LogP contribution in [0, 0.1) is 0 Å². The Morgan fingerprint density at radius 1 is 1.42 bits per heavy atom. The molecule has 0 atom stereocenters. The van der Waals surface area contributed by atoms with Gasteiger partial charge in [0.15, 0.2) is 6.61 Å². The fraction of sp³-hybridized carbons (Fsp3) is 0.462. The molecule has 2 aromatic rings. The van der Waals surface area contributed by atoms with Gasteiger partial charge in [-0.3, -0.25) is 0 Å². The highest BCUT2D eigenvalue weighted by molar-refractivity contribution is 5.28. The molecule has 1 saturated carbocycles. The van der Waals surface area contributed by atoms with Crippen molar-refractivity contribution < 1.29 is 4.74 Å².